The fourth-order valence-corrected chi connectivity index (χ4v) is 2.14. The van der Waals surface area contributed by atoms with Crippen LogP contribution in [0.5, 0.6) is 0 Å². The second-order valence-corrected chi connectivity index (χ2v) is 4.61. The molecule has 1 atom stereocenters. The molecule has 1 fully saturated rings. The number of anilines is 1. The van der Waals surface area contributed by atoms with Gasteiger partial charge in [-0.15, -0.1) is 0 Å². The summed E-state index contributed by atoms with van der Waals surface area (Å²) in [5, 5.41) is 0. The van der Waals surface area contributed by atoms with Crippen molar-refractivity contribution in [1.82, 2.24) is 0 Å². The van der Waals surface area contributed by atoms with E-state index in [0.29, 0.717) is 5.69 Å². The molecule has 1 unspecified atom stereocenters. The number of ketones is 2. The second-order valence-electron chi connectivity index (χ2n) is 4.61. The first-order valence-corrected chi connectivity index (χ1v) is 5.85. The quantitative estimate of drug-likeness (QED) is 0.274. The monoisotopic (exact) mass is 283 g/mol. The van der Waals surface area contributed by atoms with E-state index in [9.17, 15) is 19.2 Å². The molecule has 1 aromatic carbocycles. The van der Waals surface area contributed by atoms with Crippen LogP contribution in [0.4, 0.5) is 5.69 Å². The van der Waals surface area contributed by atoms with Gasteiger partial charge in [-0.2, -0.15) is 0 Å². The molecule has 0 saturated carbocycles. The van der Waals surface area contributed by atoms with Gasteiger partial charge < -0.3 is 1.43 Å². The summed E-state index contributed by atoms with van der Waals surface area (Å²) < 4.78 is 0. The van der Waals surface area contributed by atoms with Gasteiger partial charge in [-0.1, -0.05) is 12.1 Å². The van der Waals surface area contributed by atoms with Gasteiger partial charge in [0.15, 0.2) is 5.92 Å². The average molecular weight is 283 g/mol. The van der Waals surface area contributed by atoms with Gasteiger partial charge in [0.25, 0.3) is 5.91 Å². The van der Waals surface area contributed by atoms with E-state index in [1.54, 1.807) is 19.1 Å². The van der Waals surface area contributed by atoms with Gasteiger partial charge in [0.1, 0.15) is 5.78 Å². The molecule has 20 heavy (non-hydrogen) atoms. The summed E-state index contributed by atoms with van der Waals surface area (Å²) in [6, 6.07) is 5.13. The van der Waals surface area contributed by atoms with Crippen molar-refractivity contribution in [2.24, 2.45) is 5.92 Å². The van der Waals surface area contributed by atoms with Crippen LogP contribution in [0.15, 0.2) is 18.2 Å². The van der Waals surface area contributed by atoms with Crippen molar-refractivity contribution < 1.29 is 50.2 Å². The minimum Gasteiger partial charge on any atom is -1.00 e. The summed E-state index contributed by atoms with van der Waals surface area (Å²) in [4.78, 5) is 47.8. The predicted molar refractivity (Wildman–Crippen MR) is 68.7 cm³/mol. The van der Waals surface area contributed by atoms with Gasteiger partial charge in [0.2, 0.25) is 5.78 Å². The molecule has 2 rings (SSSR count). The fraction of sp³-hybridized carbons (Fsp3) is 0.286. The maximum absolute atomic E-state index is 12.1. The molecule has 1 saturated heterocycles. The molecule has 1 aromatic rings. The third kappa shape index (κ3) is 2.49. The van der Waals surface area contributed by atoms with Crippen LogP contribution in [0.3, 0.4) is 0 Å². The Balaban J connectivity index is 0.00000200. The molecule has 0 bridgehead atoms. The Morgan fingerprint density at radius 3 is 2.30 bits per heavy atom. The van der Waals surface area contributed by atoms with Gasteiger partial charge >= 0.3 is 35.5 Å². The summed E-state index contributed by atoms with van der Waals surface area (Å²) in [5.74, 6) is -4.71. The Bertz CT molecular complexity index is 629. The molecule has 100 valence electrons. The van der Waals surface area contributed by atoms with Crippen molar-refractivity contribution in [1.29, 1.82) is 0 Å². The maximum Gasteiger partial charge on any atom is 1.00 e. The minimum absolute atomic E-state index is 0. The zero-order valence-corrected chi connectivity index (χ0v) is 13.9. The van der Waals surface area contributed by atoms with Crippen LogP contribution in [0.2, 0.25) is 0 Å². The molecular formula is C14H14NNaO4. The predicted octanol–water partition coefficient (Wildman–Crippen LogP) is -1.93. The fourth-order valence-electron chi connectivity index (χ4n) is 2.14. The average Bonchev–Trinajstić information content (AvgIpc) is 2.55. The molecular weight excluding hydrogens is 269 g/mol. The van der Waals surface area contributed by atoms with E-state index in [-0.39, 0.29) is 31.0 Å². The van der Waals surface area contributed by atoms with Crippen LogP contribution in [-0.2, 0) is 19.2 Å². The Labute approximate surface area is 140 Å². The molecule has 5 nitrogen and oxygen atoms in total. The van der Waals surface area contributed by atoms with E-state index in [1.807, 2.05) is 13.0 Å². The number of amides is 2. The Hall–Kier alpha value is -1.30. The number of benzene rings is 1. The molecule has 2 amide bonds. The van der Waals surface area contributed by atoms with Crippen molar-refractivity contribution in [2.45, 2.75) is 20.8 Å². The SMILES string of the molecule is CC(=O)C1C(=O)C(=O)N(c2cccc(C)c2C)C1=O.[H-].[Na+]. The molecule has 6 heteroatoms. The first kappa shape index (κ1) is 16.8. The van der Waals surface area contributed by atoms with Crippen LogP contribution < -0.4 is 34.5 Å². The van der Waals surface area contributed by atoms with Crippen molar-refractivity contribution in [3.05, 3.63) is 29.3 Å². The topological polar surface area (TPSA) is 71.5 Å². The van der Waals surface area contributed by atoms with E-state index in [0.717, 1.165) is 23.0 Å². The second kappa shape index (κ2) is 5.99. The van der Waals surface area contributed by atoms with Crippen LogP contribution in [0.25, 0.3) is 0 Å². The van der Waals surface area contributed by atoms with Crippen LogP contribution >= 0.6 is 0 Å². The number of aryl methyl sites for hydroxylation is 1. The summed E-state index contributed by atoms with van der Waals surface area (Å²) in [6.07, 6.45) is 0. The van der Waals surface area contributed by atoms with Gasteiger partial charge in [0.05, 0.1) is 5.69 Å². The number of hydrogen-bond acceptors (Lipinski definition) is 4. The smallest absolute Gasteiger partial charge is 1.00 e. The van der Waals surface area contributed by atoms with Crippen LogP contribution in [0, 0.1) is 19.8 Å². The standard InChI is InChI=1S/C14H13NO4.Na.H/c1-7-5-4-6-10(8(7)2)15-13(18)11(9(3)16)12(17)14(15)19;;/h4-6,11H,1-3H3;;/q;+1;-1. The van der Waals surface area contributed by atoms with E-state index in [4.69, 9.17) is 0 Å². The van der Waals surface area contributed by atoms with E-state index >= 15 is 0 Å². The molecule has 0 spiro atoms. The summed E-state index contributed by atoms with van der Waals surface area (Å²) in [5.41, 5.74) is 2.00. The Kier molecular flexibility index (Phi) is 5.02. The van der Waals surface area contributed by atoms with Gasteiger partial charge in [-0.25, -0.2) is 4.90 Å². The third-order valence-corrected chi connectivity index (χ3v) is 3.37. The summed E-state index contributed by atoms with van der Waals surface area (Å²) >= 11 is 0. The van der Waals surface area contributed by atoms with Crippen LogP contribution in [-0.4, -0.2) is 23.4 Å². The number of hydrogen-bond donors (Lipinski definition) is 0. The zero-order chi connectivity index (χ0) is 14.3. The molecule has 0 N–H and O–H groups in total. The van der Waals surface area contributed by atoms with Crippen molar-refractivity contribution in [3.63, 3.8) is 0 Å². The van der Waals surface area contributed by atoms with Gasteiger partial charge in [0, 0.05) is 0 Å². The zero-order valence-electron chi connectivity index (χ0n) is 12.9. The largest absolute Gasteiger partial charge is 1.00 e. The van der Waals surface area contributed by atoms with Crippen molar-refractivity contribution >= 4 is 29.1 Å². The molecule has 1 aliphatic rings. The Morgan fingerprint density at radius 2 is 1.80 bits per heavy atom. The first-order chi connectivity index (χ1) is 8.86. The molecule has 1 aliphatic heterocycles. The number of imide groups is 1. The molecule has 0 radical (unpaired) electrons. The van der Waals surface area contributed by atoms with Crippen molar-refractivity contribution in [2.75, 3.05) is 4.90 Å². The van der Waals surface area contributed by atoms with E-state index in [1.165, 1.54) is 0 Å². The van der Waals surface area contributed by atoms with E-state index < -0.39 is 29.3 Å². The summed E-state index contributed by atoms with van der Waals surface area (Å²) in [7, 11) is 0. The number of nitrogens with zero attached hydrogens (tertiary/aromatic N) is 1. The van der Waals surface area contributed by atoms with Gasteiger partial charge in [-0.05, 0) is 38.0 Å². The van der Waals surface area contributed by atoms with E-state index in [2.05, 4.69) is 0 Å². The van der Waals surface area contributed by atoms with Gasteiger partial charge in [-0.3, -0.25) is 19.2 Å². The number of Topliss-reactive ketones (excluding diaryl/α,β-unsaturated/α-hetero) is 2. The number of carbonyl (C=O) groups is 4. The molecule has 0 aromatic heterocycles. The molecule has 1 heterocycles. The molecule has 0 aliphatic carbocycles. The first-order valence-electron chi connectivity index (χ1n) is 5.85. The normalized spacial score (nSPS) is 18.2. The maximum atomic E-state index is 12.1. The minimum atomic E-state index is -1.48. The van der Waals surface area contributed by atoms with Crippen molar-refractivity contribution in [3.8, 4) is 0 Å². The summed E-state index contributed by atoms with van der Waals surface area (Å²) in [6.45, 7) is 4.74. The number of rotatable bonds is 2. The third-order valence-electron chi connectivity index (χ3n) is 3.37. The van der Waals surface area contributed by atoms with Crippen LogP contribution in [0.1, 0.15) is 19.5 Å². The number of carbonyl (C=O) groups excluding carboxylic acids is 4. The Morgan fingerprint density at radius 1 is 1.20 bits per heavy atom.